The SMILES string of the molecule is CC/C=C/[C@H]([C@@H](C)O)S(=O)(=NC)c1ccccc1. The van der Waals surface area contributed by atoms with E-state index >= 15 is 0 Å². The first-order valence-corrected chi connectivity index (χ1v) is 7.68. The monoisotopic (exact) mass is 267 g/mol. The molecule has 3 nitrogen and oxygen atoms in total. The van der Waals surface area contributed by atoms with E-state index in [4.69, 9.17) is 0 Å². The molecule has 100 valence electrons. The van der Waals surface area contributed by atoms with Gasteiger partial charge in [-0.15, -0.1) is 0 Å². The molecule has 0 fully saturated rings. The van der Waals surface area contributed by atoms with E-state index in [1.165, 1.54) is 0 Å². The highest BCUT2D eigenvalue weighted by Gasteiger charge is 2.26. The van der Waals surface area contributed by atoms with Crippen LogP contribution in [0.2, 0.25) is 0 Å². The molecule has 1 unspecified atom stereocenters. The summed E-state index contributed by atoms with van der Waals surface area (Å²) in [5, 5.41) is 9.39. The third-order valence-electron chi connectivity index (χ3n) is 2.76. The zero-order valence-corrected chi connectivity index (χ0v) is 11.9. The van der Waals surface area contributed by atoms with Gasteiger partial charge in [0.15, 0.2) is 0 Å². The Hall–Kier alpha value is -1.13. The van der Waals surface area contributed by atoms with Crippen LogP contribution in [0.5, 0.6) is 0 Å². The maximum absolute atomic E-state index is 13.0. The van der Waals surface area contributed by atoms with Crippen molar-refractivity contribution in [3.8, 4) is 0 Å². The molecule has 0 saturated carbocycles. The smallest absolute Gasteiger partial charge is 0.0910 e. The number of benzene rings is 1. The lowest BCUT2D eigenvalue weighted by atomic mass is 10.2. The molecule has 0 radical (unpaired) electrons. The van der Waals surface area contributed by atoms with Crippen LogP contribution in [0.1, 0.15) is 20.3 Å². The summed E-state index contributed by atoms with van der Waals surface area (Å²) in [5.74, 6) is 0. The van der Waals surface area contributed by atoms with Crippen LogP contribution in [-0.2, 0) is 9.73 Å². The van der Waals surface area contributed by atoms with Gasteiger partial charge in [0.1, 0.15) is 0 Å². The van der Waals surface area contributed by atoms with Crippen molar-refractivity contribution in [2.24, 2.45) is 4.36 Å². The van der Waals surface area contributed by atoms with Crippen LogP contribution in [0.3, 0.4) is 0 Å². The van der Waals surface area contributed by atoms with Crippen LogP contribution >= 0.6 is 0 Å². The molecule has 1 N–H and O–H groups in total. The van der Waals surface area contributed by atoms with Crippen molar-refractivity contribution in [1.82, 2.24) is 0 Å². The van der Waals surface area contributed by atoms with Crippen molar-refractivity contribution in [2.45, 2.75) is 36.5 Å². The van der Waals surface area contributed by atoms with Gasteiger partial charge in [-0.05, 0) is 25.5 Å². The summed E-state index contributed by atoms with van der Waals surface area (Å²) >= 11 is 0. The third kappa shape index (κ3) is 3.21. The summed E-state index contributed by atoms with van der Waals surface area (Å²) < 4.78 is 17.1. The molecule has 0 saturated heterocycles. The highest BCUT2D eigenvalue weighted by atomic mass is 32.2. The molecule has 3 atom stereocenters. The zero-order valence-electron chi connectivity index (χ0n) is 11.1. The Balaban J connectivity index is 3.30. The van der Waals surface area contributed by atoms with E-state index in [0.29, 0.717) is 4.90 Å². The summed E-state index contributed by atoms with van der Waals surface area (Å²) in [6.07, 6.45) is 3.87. The Labute approximate surface area is 110 Å². The first kappa shape index (κ1) is 14.9. The van der Waals surface area contributed by atoms with E-state index < -0.39 is 21.1 Å². The lowest BCUT2D eigenvalue weighted by Crippen LogP contribution is -2.30. The molecule has 1 rings (SSSR count). The molecular formula is C14H21NO2S. The predicted molar refractivity (Wildman–Crippen MR) is 76.1 cm³/mol. The van der Waals surface area contributed by atoms with Crippen LogP contribution < -0.4 is 0 Å². The fraction of sp³-hybridized carbons (Fsp3) is 0.429. The Morgan fingerprint density at radius 1 is 1.39 bits per heavy atom. The number of aliphatic hydroxyl groups is 1. The van der Waals surface area contributed by atoms with Crippen molar-refractivity contribution < 1.29 is 9.32 Å². The normalized spacial score (nSPS) is 18.2. The molecule has 0 bridgehead atoms. The molecule has 0 heterocycles. The van der Waals surface area contributed by atoms with Crippen LogP contribution in [0.25, 0.3) is 0 Å². The van der Waals surface area contributed by atoms with Gasteiger partial charge in [-0.25, -0.2) is 8.57 Å². The van der Waals surface area contributed by atoms with Gasteiger partial charge < -0.3 is 5.11 Å². The minimum absolute atomic E-state index is 0.482. The average Bonchev–Trinajstić information content (AvgIpc) is 2.39. The molecule has 0 aromatic heterocycles. The number of aliphatic hydroxyl groups excluding tert-OH is 1. The molecule has 4 heteroatoms. The van der Waals surface area contributed by atoms with E-state index in [2.05, 4.69) is 4.36 Å². The highest BCUT2D eigenvalue weighted by Crippen LogP contribution is 2.22. The van der Waals surface area contributed by atoms with Crippen molar-refractivity contribution in [3.63, 3.8) is 0 Å². The minimum Gasteiger partial charge on any atom is -0.392 e. The van der Waals surface area contributed by atoms with E-state index in [0.717, 1.165) is 6.42 Å². The average molecular weight is 267 g/mol. The standard InChI is InChI=1S/C14H21NO2S/c1-4-5-11-14(12(2)16)18(17,15-3)13-9-7-6-8-10-13/h5-12,14,16H,4H2,1-3H3/b11-5+/t12-,14-,18?/m1/s1. The van der Waals surface area contributed by atoms with Gasteiger partial charge in [0.25, 0.3) is 0 Å². The first-order chi connectivity index (χ1) is 8.56. The topological polar surface area (TPSA) is 49.7 Å². The number of nitrogens with zero attached hydrogens (tertiary/aromatic N) is 1. The number of hydrogen-bond donors (Lipinski definition) is 1. The summed E-state index contributed by atoms with van der Waals surface area (Å²) in [4.78, 5) is 0.666. The Kier molecular flexibility index (Phi) is 5.56. The lowest BCUT2D eigenvalue weighted by molar-refractivity contribution is 0.201. The second-order valence-electron chi connectivity index (χ2n) is 4.11. The molecule has 0 spiro atoms. The second kappa shape index (κ2) is 6.71. The van der Waals surface area contributed by atoms with E-state index in [9.17, 15) is 9.32 Å². The quantitative estimate of drug-likeness (QED) is 0.834. The maximum atomic E-state index is 13.0. The molecule has 0 aliphatic heterocycles. The van der Waals surface area contributed by atoms with Crippen molar-refractivity contribution in [3.05, 3.63) is 42.5 Å². The number of rotatable bonds is 5. The van der Waals surface area contributed by atoms with Crippen LogP contribution in [0, 0.1) is 0 Å². The summed E-state index contributed by atoms with van der Waals surface area (Å²) in [7, 11) is -1.08. The molecule has 0 aliphatic carbocycles. The van der Waals surface area contributed by atoms with E-state index in [-0.39, 0.29) is 0 Å². The largest absolute Gasteiger partial charge is 0.392 e. The molecule has 0 amide bonds. The van der Waals surface area contributed by atoms with Gasteiger partial charge in [0, 0.05) is 11.9 Å². The Morgan fingerprint density at radius 3 is 2.44 bits per heavy atom. The maximum Gasteiger partial charge on any atom is 0.0910 e. The Morgan fingerprint density at radius 2 is 2.00 bits per heavy atom. The van der Waals surface area contributed by atoms with Crippen molar-refractivity contribution in [2.75, 3.05) is 7.05 Å². The van der Waals surface area contributed by atoms with E-state index in [1.54, 1.807) is 26.1 Å². The number of allylic oxidation sites excluding steroid dienone is 1. The lowest BCUT2D eigenvalue weighted by Gasteiger charge is -2.21. The zero-order chi connectivity index (χ0) is 13.6. The second-order valence-corrected chi connectivity index (χ2v) is 6.62. The van der Waals surface area contributed by atoms with Gasteiger partial charge in [0.2, 0.25) is 0 Å². The molecule has 1 aromatic rings. The molecular weight excluding hydrogens is 246 g/mol. The van der Waals surface area contributed by atoms with Crippen molar-refractivity contribution >= 4 is 9.73 Å². The van der Waals surface area contributed by atoms with Crippen LogP contribution in [0.4, 0.5) is 0 Å². The van der Waals surface area contributed by atoms with Crippen LogP contribution in [-0.4, -0.2) is 27.7 Å². The Bertz CT molecular complexity index is 500. The molecule has 18 heavy (non-hydrogen) atoms. The molecule has 0 aliphatic rings. The van der Waals surface area contributed by atoms with Gasteiger partial charge >= 0.3 is 0 Å². The third-order valence-corrected chi connectivity index (χ3v) is 5.54. The first-order valence-electron chi connectivity index (χ1n) is 6.10. The fourth-order valence-corrected chi connectivity index (χ4v) is 3.98. The predicted octanol–water partition coefficient (Wildman–Crippen LogP) is 2.86. The van der Waals surface area contributed by atoms with Crippen molar-refractivity contribution in [1.29, 1.82) is 0 Å². The summed E-state index contributed by atoms with van der Waals surface area (Å²) in [5.41, 5.74) is 0. The van der Waals surface area contributed by atoms with Gasteiger partial charge in [-0.3, -0.25) is 0 Å². The van der Waals surface area contributed by atoms with Gasteiger partial charge in [-0.1, -0.05) is 37.3 Å². The number of hydrogen-bond acceptors (Lipinski definition) is 3. The summed E-state index contributed by atoms with van der Waals surface area (Å²) in [6, 6.07) is 9.14. The fourth-order valence-electron chi connectivity index (χ4n) is 1.80. The van der Waals surface area contributed by atoms with Crippen LogP contribution in [0.15, 0.2) is 51.7 Å². The summed E-state index contributed by atoms with van der Waals surface area (Å²) in [6.45, 7) is 3.65. The minimum atomic E-state index is -2.63. The van der Waals surface area contributed by atoms with Gasteiger partial charge in [0.05, 0.1) is 21.1 Å². The van der Waals surface area contributed by atoms with Gasteiger partial charge in [-0.2, -0.15) is 0 Å². The van der Waals surface area contributed by atoms with E-state index in [1.807, 2.05) is 37.3 Å². The molecule has 1 aromatic carbocycles. The highest BCUT2D eigenvalue weighted by molar-refractivity contribution is 7.94.